The lowest BCUT2D eigenvalue weighted by Gasteiger charge is -2.19. The molecule has 0 saturated heterocycles. The summed E-state index contributed by atoms with van der Waals surface area (Å²) in [4.78, 5) is 33.1. The van der Waals surface area contributed by atoms with Crippen LogP contribution in [0.1, 0.15) is 27.2 Å². The fourth-order valence-electron chi connectivity index (χ4n) is 1.54. The summed E-state index contributed by atoms with van der Waals surface area (Å²) >= 11 is 0. The van der Waals surface area contributed by atoms with Crippen LogP contribution in [0.4, 0.5) is 9.59 Å². The summed E-state index contributed by atoms with van der Waals surface area (Å²) in [5.74, 6) is -0.0905. The van der Waals surface area contributed by atoms with Gasteiger partial charge in [0.2, 0.25) is 0 Å². The van der Waals surface area contributed by atoms with E-state index in [0.29, 0.717) is 12.3 Å². The summed E-state index contributed by atoms with van der Waals surface area (Å²) in [6.07, 6.45) is -0.558. The highest BCUT2D eigenvalue weighted by molar-refractivity contribution is 5.68. The van der Waals surface area contributed by atoms with E-state index in [-0.39, 0.29) is 25.8 Å². The summed E-state index contributed by atoms with van der Waals surface area (Å²) in [5.41, 5.74) is 0. The van der Waals surface area contributed by atoms with Crippen molar-refractivity contribution in [3.8, 4) is 0 Å². The second kappa shape index (κ2) is 10.8. The first-order valence-corrected chi connectivity index (χ1v) is 6.73. The number of esters is 1. The van der Waals surface area contributed by atoms with Gasteiger partial charge < -0.3 is 24.8 Å². The van der Waals surface area contributed by atoms with Crippen LogP contribution in [-0.2, 0) is 19.0 Å². The van der Waals surface area contributed by atoms with Crippen LogP contribution in [0.2, 0.25) is 0 Å². The predicted octanol–water partition coefficient (Wildman–Crippen LogP) is 1.05. The van der Waals surface area contributed by atoms with Crippen LogP contribution in [0, 0.1) is 5.92 Å². The van der Waals surface area contributed by atoms with Crippen molar-refractivity contribution in [1.82, 2.24) is 10.6 Å². The number of ether oxygens (including phenoxy) is 3. The summed E-state index contributed by atoms with van der Waals surface area (Å²) in [6.45, 7) is 5.55. The van der Waals surface area contributed by atoms with Crippen molar-refractivity contribution in [1.29, 1.82) is 0 Å². The SMILES string of the molecule is COC(=O)N[C@H](COC(=O)NCCOC(C)=O)CC(C)C. The van der Waals surface area contributed by atoms with Crippen molar-refractivity contribution in [2.24, 2.45) is 5.92 Å². The molecular formula is C13H24N2O6. The van der Waals surface area contributed by atoms with Crippen LogP contribution in [0.5, 0.6) is 0 Å². The Morgan fingerprint density at radius 1 is 1.10 bits per heavy atom. The molecule has 0 aliphatic carbocycles. The molecule has 0 aliphatic heterocycles. The summed E-state index contributed by atoms with van der Waals surface area (Å²) < 4.78 is 14.2. The average Bonchev–Trinajstić information content (AvgIpc) is 2.40. The van der Waals surface area contributed by atoms with Crippen molar-refractivity contribution < 1.29 is 28.6 Å². The van der Waals surface area contributed by atoms with Crippen molar-refractivity contribution in [2.75, 3.05) is 26.9 Å². The maximum atomic E-state index is 11.4. The van der Waals surface area contributed by atoms with Crippen LogP contribution in [0.3, 0.4) is 0 Å². The number of carbonyl (C=O) groups excluding carboxylic acids is 3. The standard InChI is InChI=1S/C13H24N2O6/c1-9(2)7-11(15-13(18)19-4)8-21-12(17)14-5-6-20-10(3)16/h9,11H,5-8H2,1-4H3,(H,14,17)(H,15,18)/t11-/m0/s1. The molecule has 0 radical (unpaired) electrons. The van der Waals surface area contributed by atoms with Gasteiger partial charge in [-0.05, 0) is 12.3 Å². The first kappa shape index (κ1) is 19.0. The van der Waals surface area contributed by atoms with Gasteiger partial charge in [-0.3, -0.25) is 4.79 Å². The molecule has 122 valence electrons. The maximum Gasteiger partial charge on any atom is 0.407 e. The van der Waals surface area contributed by atoms with Crippen LogP contribution < -0.4 is 10.6 Å². The number of nitrogens with one attached hydrogen (secondary N) is 2. The molecule has 0 bridgehead atoms. The van der Waals surface area contributed by atoms with Crippen LogP contribution in [0.15, 0.2) is 0 Å². The Hall–Kier alpha value is -1.99. The number of amides is 2. The van der Waals surface area contributed by atoms with E-state index in [0.717, 1.165) is 0 Å². The normalized spacial score (nSPS) is 11.5. The molecule has 0 heterocycles. The van der Waals surface area contributed by atoms with E-state index < -0.39 is 18.2 Å². The molecule has 0 aromatic heterocycles. The van der Waals surface area contributed by atoms with Gasteiger partial charge in [-0.15, -0.1) is 0 Å². The Kier molecular flexibility index (Phi) is 9.74. The number of rotatable bonds is 8. The third-order valence-electron chi connectivity index (χ3n) is 2.36. The molecule has 0 rings (SSSR count). The van der Waals surface area contributed by atoms with Crippen molar-refractivity contribution in [3.05, 3.63) is 0 Å². The van der Waals surface area contributed by atoms with Gasteiger partial charge in [0.05, 0.1) is 19.7 Å². The summed E-state index contributed by atoms with van der Waals surface area (Å²) in [7, 11) is 1.27. The quantitative estimate of drug-likeness (QED) is 0.395. The highest BCUT2D eigenvalue weighted by Crippen LogP contribution is 2.05. The molecule has 21 heavy (non-hydrogen) atoms. The van der Waals surface area contributed by atoms with E-state index in [9.17, 15) is 14.4 Å². The largest absolute Gasteiger partial charge is 0.464 e. The minimum Gasteiger partial charge on any atom is -0.464 e. The van der Waals surface area contributed by atoms with Gasteiger partial charge in [0.25, 0.3) is 0 Å². The van der Waals surface area contributed by atoms with E-state index in [4.69, 9.17) is 4.74 Å². The predicted molar refractivity (Wildman–Crippen MR) is 74.8 cm³/mol. The molecule has 0 saturated carbocycles. The monoisotopic (exact) mass is 304 g/mol. The van der Waals surface area contributed by atoms with Crippen LogP contribution in [0.25, 0.3) is 0 Å². The Morgan fingerprint density at radius 2 is 1.76 bits per heavy atom. The zero-order valence-electron chi connectivity index (χ0n) is 12.9. The molecule has 0 aliphatic rings. The van der Waals surface area contributed by atoms with E-state index in [2.05, 4.69) is 20.1 Å². The van der Waals surface area contributed by atoms with Gasteiger partial charge in [-0.2, -0.15) is 0 Å². The average molecular weight is 304 g/mol. The van der Waals surface area contributed by atoms with E-state index in [1.807, 2.05) is 13.8 Å². The molecule has 0 aromatic rings. The van der Waals surface area contributed by atoms with Gasteiger partial charge >= 0.3 is 18.2 Å². The first-order valence-electron chi connectivity index (χ1n) is 6.73. The molecule has 0 unspecified atom stereocenters. The Labute approximate surface area is 124 Å². The van der Waals surface area contributed by atoms with Gasteiger partial charge in [0.1, 0.15) is 13.2 Å². The van der Waals surface area contributed by atoms with Gasteiger partial charge in [-0.25, -0.2) is 9.59 Å². The van der Waals surface area contributed by atoms with Gasteiger partial charge in [0.15, 0.2) is 0 Å². The minimum atomic E-state index is -0.637. The zero-order valence-corrected chi connectivity index (χ0v) is 12.9. The lowest BCUT2D eigenvalue weighted by molar-refractivity contribution is -0.140. The fourth-order valence-corrected chi connectivity index (χ4v) is 1.54. The Balaban J connectivity index is 4.00. The van der Waals surface area contributed by atoms with Crippen molar-refractivity contribution in [2.45, 2.75) is 33.2 Å². The fraction of sp³-hybridized carbons (Fsp3) is 0.769. The van der Waals surface area contributed by atoms with Crippen molar-refractivity contribution in [3.63, 3.8) is 0 Å². The Bertz CT molecular complexity index is 346. The second-order valence-electron chi connectivity index (χ2n) is 4.83. The number of carbonyl (C=O) groups is 3. The molecule has 0 aromatic carbocycles. The van der Waals surface area contributed by atoms with E-state index in [1.54, 1.807) is 0 Å². The molecular weight excluding hydrogens is 280 g/mol. The number of methoxy groups -OCH3 is 1. The number of hydrogen-bond donors (Lipinski definition) is 2. The Morgan fingerprint density at radius 3 is 2.29 bits per heavy atom. The molecule has 2 N–H and O–H groups in total. The summed E-state index contributed by atoms with van der Waals surface area (Å²) in [6, 6.07) is -0.323. The molecule has 8 heteroatoms. The van der Waals surface area contributed by atoms with Gasteiger partial charge in [0, 0.05) is 6.92 Å². The topological polar surface area (TPSA) is 103 Å². The highest BCUT2D eigenvalue weighted by atomic mass is 16.6. The third kappa shape index (κ3) is 11.5. The zero-order chi connectivity index (χ0) is 16.3. The molecule has 0 spiro atoms. The number of alkyl carbamates (subject to hydrolysis) is 2. The van der Waals surface area contributed by atoms with Gasteiger partial charge in [-0.1, -0.05) is 13.8 Å². The summed E-state index contributed by atoms with van der Waals surface area (Å²) in [5, 5.41) is 5.03. The smallest absolute Gasteiger partial charge is 0.407 e. The molecule has 2 amide bonds. The van der Waals surface area contributed by atoms with E-state index >= 15 is 0 Å². The minimum absolute atomic E-state index is 0.0344. The molecule has 8 nitrogen and oxygen atoms in total. The lowest BCUT2D eigenvalue weighted by atomic mass is 10.0. The maximum absolute atomic E-state index is 11.4. The van der Waals surface area contributed by atoms with Crippen molar-refractivity contribution >= 4 is 18.2 Å². The van der Waals surface area contributed by atoms with Crippen LogP contribution >= 0.6 is 0 Å². The van der Waals surface area contributed by atoms with Crippen LogP contribution in [-0.4, -0.2) is 51.1 Å². The first-order chi connectivity index (χ1) is 9.85. The molecule has 1 atom stereocenters. The molecule has 0 fully saturated rings. The third-order valence-corrected chi connectivity index (χ3v) is 2.36. The van der Waals surface area contributed by atoms with E-state index in [1.165, 1.54) is 14.0 Å². The number of hydrogen-bond acceptors (Lipinski definition) is 6. The lowest BCUT2D eigenvalue weighted by Crippen LogP contribution is -2.41. The second-order valence-corrected chi connectivity index (χ2v) is 4.83. The highest BCUT2D eigenvalue weighted by Gasteiger charge is 2.16.